The lowest BCUT2D eigenvalue weighted by Gasteiger charge is -2.12. The van der Waals surface area contributed by atoms with Gasteiger partial charge in [0, 0.05) is 13.6 Å². The molecular weight excluding hydrogens is 266 g/mol. The largest absolute Gasteiger partial charge is 0.369 e. The van der Waals surface area contributed by atoms with Crippen molar-refractivity contribution in [3.05, 3.63) is 5.69 Å². The van der Waals surface area contributed by atoms with E-state index < -0.39 is 9.84 Å². The zero-order valence-corrected chi connectivity index (χ0v) is 11.8. The summed E-state index contributed by atoms with van der Waals surface area (Å²) in [6.45, 7) is 2.23. The topological polar surface area (TPSA) is 95.8 Å². The number of nitrogens with two attached hydrogens (primary N) is 1. The van der Waals surface area contributed by atoms with E-state index in [1.165, 1.54) is 0 Å². The highest BCUT2D eigenvalue weighted by Crippen LogP contribution is 2.26. The lowest BCUT2D eigenvalue weighted by atomic mass is 10.2. The van der Waals surface area contributed by atoms with Crippen LogP contribution < -0.4 is 5.73 Å². The van der Waals surface area contributed by atoms with Crippen molar-refractivity contribution in [3.8, 4) is 0 Å². The van der Waals surface area contributed by atoms with Gasteiger partial charge >= 0.3 is 0 Å². The van der Waals surface area contributed by atoms with Gasteiger partial charge in [0.15, 0.2) is 15.5 Å². The number of sulfone groups is 1. The smallest absolute Gasteiger partial charge is 0.202 e. The Morgan fingerprint density at radius 2 is 2.21 bits per heavy atom. The summed E-state index contributed by atoms with van der Waals surface area (Å²) in [5.41, 5.74) is 8.26. The number of aryl methyl sites for hydroxylation is 2. The number of fused-ring (bicyclic) bond motifs is 1. The van der Waals surface area contributed by atoms with Crippen molar-refractivity contribution in [1.29, 1.82) is 0 Å². The third kappa shape index (κ3) is 1.81. The van der Waals surface area contributed by atoms with E-state index in [-0.39, 0.29) is 11.0 Å². The first kappa shape index (κ1) is 12.5. The Hall–Kier alpha value is -1.57. The molecule has 1 unspecified atom stereocenters. The number of nitrogen functional groups attached to an aromatic ring is 1. The van der Waals surface area contributed by atoms with Crippen LogP contribution in [0, 0.1) is 6.92 Å². The molecule has 0 spiro atoms. The Balaban J connectivity index is 2.08. The van der Waals surface area contributed by atoms with Crippen molar-refractivity contribution in [2.45, 2.75) is 31.6 Å². The van der Waals surface area contributed by atoms with E-state index in [4.69, 9.17) is 5.73 Å². The summed E-state index contributed by atoms with van der Waals surface area (Å²) in [4.78, 5) is 4.29. The average Bonchev–Trinajstić information content (AvgIpc) is 2.89. The maximum Gasteiger partial charge on any atom is 0.202 e. The molecule has 0 amide bonds. The zero-order valence-electron chi connectivity index (χ0n) is 11.0. The predicted octanol–water partition coefficient (Wildman–Crippen LogP) is 0.238. The molecule has 2 aromatic heterocycles. The molecule has 19 heavy (non-hydrogen) atoms. The molecule has 1 saturated heterocycles. The summed E-state index contributed by atoms with van der Waals surface area (Å²) in [6.07, 6.45) is 1.42. The summed E-state index contributed by atoms with van der Waals surface area (Å²) < 4.78 is 27.3. The lowest BCUT2D eigenvalue weighted by Crippen LogP contribution is -2.23. The first-order valence-electron chi connectivity index (χ1n) is 6.27. The van der Waals surface area contributed by atoms with Crippen LogP contribution in [0.25, 0.3) is 11.2 Å². The van der Waals surface area contributed by atoms with E-state index in [9.17, 15) is 8.42 Å². The SMILES string of the molecule is Cc1nn(C)c2c1nc(N)n2CC1CCCS1(=O)=O. The Kier molecular flexibility index (Phi) is 2.60. The Morgan fingerprint density at radius 1 is 1.47 bits per heavy atom. The van der Waals surface area contributed by atoms with Crippen molar-refractivity contribution in [2.75, 3.05) is 11.5 Å². The molecule has 2 aromatic rings. The second-order valence-electron chi connectivity index (χ2n) is 5.09. The summed E-state index contributed by atoms with van der Waals surface area (Å²) in [6, 6.07) is 0. The second kappa shape index (κ2) is 3.96. The van der Waals surface area contributed by atoms with Crippen molar-refractivity contribution >= 4 is 26.9 Å². The van der Waals surface area contributed by atoms with E-state index in [0.717, 1.165) is 23.3 Å². The van der Waals surface area contributed by atoms with Gasteiger partial charge in [-0.3, -0.25) is 9.25 Å². The number of nitrogens with zero attached hydrogens (tertiary/aromatic N) is 4. The summed E-state index contributed by atoms with van der Waals surface area (Å²) >= 11 is 0. The first-order valence-corrected chi connectivity index (χ1v) is 7.98. The van der Waals surface area contributed by atoms with Gasteiger partial charge in [0.2, 0.25) is 5.95 Å². The van der Waals surface area contributed by atoms with Gasteiger partial charge in [-0.1, -0.05) is 0 Å². The summed E-state index contributed by atoms with van der Waals surface area (Å²) in [5, 5.41) is 3.93. The molecule has 7 nitrogen and oxygen atoms in total. The van der Waals surface area contributed by atoms with Crippen molar-refractivity contribution in [1.82, 2.24) is 19.3 Å². The molecule has 2 N–H and O–H groups in total. The third-order valence-corrected chi connectivity index (χ3v) is 6.03. The predicted molar refractivity (Wildman–Crippen MR) is 72.5 cm³/mol. The third-order valence-electron chi connectivity index (χ3n) is 3.77. The molecule has 0 bridgehead atoms. The first-order chi connectivity index (χ1) is 8.90. The van der Waals surface area contributed by atoms with E-state index >= 15 is 0 Å². The molecule has 3 heterocycles. The summed E-state index contributed by atoms with van der Waals surface area (Å²) in [7, 11) is -1.17. The van der Waals surface area contributed by atoms with E-state index in [1.807, 2.05) is 14.0 Å². The molecule has 1 aliphatic rings. The van der Waals surface area contributed by atoms with Crippen LogP contribution >= 0.6 is 0 Å². The molecule has 1 fully saturated rings. The Bertz CT molecular complexity index is 743. The highest BCUT2D eigenvalue weighted by molar-refractivity contribution is 7.92. The van der Waals surface area contributed by atoms with E-state index in [0.29, 0.717) is 18.9 Å². The minimum atomic E-state index is -2.99. The zero-order chi connectivity index (χ0) is 13.8. The van der Waals surface area contributed by atoms with Crippen LogP contribution in [0.3, 0.4) is 0 Å². The number of imidazole rings is 1. The minimum Gasteiger partial charge on any atom is -0.369 e. The molecule has 0 radical (unpaired) electrons. The number of hydrogen-bond donors (Lipinski definition) is 1. The standard InChI is InChI=1S/C11H17N5O2S/c1-7-9-10(15(2)14-7)16(11(12)13-9)6-8-4-3-5-19(8,17)18/h8H,3-6H2,1-2H3,(H2,12,13). The summed E-state index contributed by atoms with van der Waals surface area (Å²) in [5.74, 6) is 0.632. The van der Waals surface area contributed by atoms with Crippen molar-refractivity contribution < 1.29 is 8.42 Å². The average molecular weight is 283 g/mol. The monoisotopic (exact) mass is 283 g/mol. The lowest BCUT2D eigenvalue weighted by molar-refractivity contribution is 0.567. The Morgan fingerprint density at radius 3 is 2.84 bits per heavy atom. The molecule has 0 aromatic carbocycles. The fourth-order valence-electron chi connectivity index (χ4n) is 2.80. The van der Waals surface area contributed by atoms with E-state index in [2.05, 4.69) is 10.1 Å². The number of rotatable bonds is 2. The quantitative estimate of drug-likeness (QED) is 0.851. The molecule has 1 atom stereocenters. The van der Waals surface area contributed by atoms with Crippen LogP contribution in [0.1, 0.15) is 18.5 Å². The van der Waals surface area contributed by atoms with E-state index in [1.54, 1.807) is 9.25 Å². The van der Waals surface area contributed by atoms with Gasteiger partial charge in [-0.2, -0.15) is 5.10 Å². The van der Waals surface area contributed by atoms with Gasteiger partial charge in [-0.05, 0) is 19.8 Å². The fraction of sp³-hybridized carbons (Fsp3) is 0.636. The molecule has 0 aliphatic carbocycles. The van der Waals surface area contributed by atoms with Crippen molar-refractivity contribution in [2.24, 2.45) is 7.05 Å². The van der Waals surface area contributed by atoms with Crippen LogP contribution in [0.4, 0.5) is 5.95 Å². The molecule has 104 valence electrons. The molecule has 3 rings (SSSR count). The molecule has 8 heteroatoms. The second-order valence-corrected chi connectivity index (χ2v) is 7.49. The van der Waals surface area contributed by atoms with Gasteiger partial charge in [-0.15, -0.1) is 0 Å². The number of anilines is 1. The van der Waals surface area contributed by atoms with Crippen LogP contribution in [0.2, 0.25) is 0 Å². The van der Waals surface area contributed by atoms with Gasteiger partial charge in [0.05, 0.1) is 16.7 Å². The fourth-order valence-corrected chi connectivity index (χ4v) is 4.60. The highest BCUT2D eigenvalue weighted by Gasteiger charge is 2.32. The van der Waals surface area contributed by atoms with Crippen LogP contribution in [-0.4, -0.2) is 38.8 Å². The maximum absolute atomic E-state index is 11.9. The maximum atomic E-state index is 11.9. The van der Waals surface area contributed by atoms with Crippen LogP contribution in [0.15, 0.2) is 0 Å². The highest BCUT2D eigenvalue weighted by atomic mass is 32.2. The van der Waals surface area contributed by atoms with Gasteiger partial charge in [0.1, 0.15) is 5.52 Å². The minimum absolute atomic E-state index is 0.278. The Labute approximate surface area is 111 Å². The van der Waals surface area contributed by atoms with Gasteiger partial charge < -0.3 is 5.73 Å². The normalized spacial score (nSPS) is 22.3. The molecule has 0 saturated carbocycles. The van der Waals surface area contributed by atoms with Gasteiger partial charge in [-0.25, -0.2) is 13.4 Å². The van der Waals surface area contributed by atoms with Crippen molar-refractivity contribution in [3.63, 3.8) is 0 Å². The van der Waals surface area contributed by atoms with Gasteiger partial charge in [0.25, 0.3) is 0 Å². The number of hydrogen-bond acceptors (Lipinski definition) is 5. The van der Waals surface area contributed by atoms with Crippen LogP contribution in [0.5, 0.6) is 0 Å². The molecular formula is C11H17N5O2S. The molecule has 1 aliphatic heterocycles. The number of aromatic nitrogens is 4. The van der Waals surface area contributed by atoms with Crippen LogP contribution in [-0.2, 0) is 23.4 Å².